The van der Waals surface area contributed by atoms with E-state index in [-0.39, 0.29) is 17.3 Å². The van der Waals surface area contributed by atoms with Crippen molar-refractivity contribution in [1.29, 1.82) is 0 Å². The normalized spacial score (nSPS) is 9.96. The molecule has 0 spiro atoms. The molecule has 2 rings (SSSR count). The molecule has 1 N–H and O–H groups in total. The summed E-state index contributed by atoms with van der Waals surface area (Å²) in [6.45, 7) is 0. The number of hydrogen-bond donors (Lipinski definition) is 1. The standard InChI is InChI=1S/C12H9N5O6/c1-23-12-13-5-8(6-14-12)15-11(18)7-2-9(16(19)20)4-10(3-7)17(21)22/h2-6H,1H3,(H,15,18). The number of aromatic nitrogens is 2. The van der Waals surface area contributed by atoms with E-state index in [2.05, 4.69) is 15.3 Å². The molecule has 0 bridgehead atoms. The minimum absolute atomic E-state index is 0.0917. The molecule has 11 nitrogen and oxygen atoms in total. The van der Waals surface area contributed by atoms with Crippen molar-refractivity contribution in [3.05, 3.63) is 56.4 Å². The fraction of sp³-hybridized carbons (Fsp3) is 0.0833. The zero-order valence-electron chi connectivity index (χ0n) is 11.6. The molecule has 0 atom stereocenters. The van der Waals surface area contributed by atoms with Gasteiger partial charge in [-0.3, -0.25) is 25.0 Å². The lowest BCUT2D eigenvalue weighted by Gasteiger charge is -2.05. The second-order valence-corrected chi connectivity index (χ2v) is 4.16. The van der Waals surface area contributed by atoms with E-state index >= 15 is 0 Å². The molecule has 0 aliphatic carbocycles. The van der Waals surface area contributed by atoms with Gasteiger partial charge in [0.1, 0.15) is 0 Å². The van der Waals surface area contributed by atoms with Crippen molar-refractivity contribution in [2.24, 2.45) is 0 Å². The highest BCUT2D eigenvalue weighted by atomic mass is 16.6. The van der Waals surface area contributed by atoms with Crippen LogP contribution in [0.15, 0.2) is 30.6 Å². The van der Waals surface area contributed by atoms with Gasteiger partial charge in [0, 0.05) is 12.1 Å². The van der Waals surface area contributed by atoms with Crippen LogP contribution in [0.5, 0.6) is 6.01 Å². The van der Waals surface area contributed by atoms with Crippen LogP contribution in [-0.4, -0.2) is 32.8 Å². The smallest absolute Gasteiger partial charge is 0.316 e. The van der Waals surface area contributed by atoms with Crippen molar-refractivity contribution < 1.29 is 19.4 Å². The summed E-state index contributed by atoms with van der Waals surface area (Å²) in [7, 11) is 1.37. The first-order chi connectivity index (χ1) is 10.9. The number of benzene rings is 1. The van der Waals surface area contributed by atoms with E-state index in [1.807, 2.05) is 0 Å². The number of anilines is 1. The maximum Gasteiger partial charge on any atom is 0.316 e. The van der Waals surface area contributed by atoms with Gasteiger partial charge in [0.25, 0.3) is 17.3 Å². The van der Waals surface area contributed by atoms with Crippen LogP contribution in [0.1, 0.15) is 10.4 Å². The van der Waals surface area contributed by atoms with Crippen LogP contribution in [0.3, 0.4) is 0 Å². The number of nitro groups is 2. The van der Waals surface area contributed by atoms with E-state index in [1.165, 1.54) is 19.5 Å². The number of ether oxygens (including phenoxy) is 1. The summed E-state index contributed by atoms with van der Waals surface area (Å²) < 4.78 is 4.76. The third kappa shape index (κ3) is 3.72. The number of carbonyl (C=O) groups is 1. The fourth-order valence-corrected chi connectivity index (χ4v) is 1.63. The molecule has 1 aromatic carbocycles. The molecule has 0 aliphatic rings. The summed E-state index contributed by atoms with van der Waals surface area (Å²) in [6, 6.07) is 2.74. The van der Waals surface area contributed by atoms with Gasteiger partial charge in [-0.25, -0.2) is 9.97 Å². The van der Waals surface area contributed by atoms with Crippen molar-refractivity contribution >= 4 is 23.0 Å². The largest absolute Gasteiger partial charge is 0.467 e. The Hall–Kier alpha value is -3.63. The zero-order chi connectivity index (χ0) is 17.0. The van der Waals surface area contributed by atoms with Crippen LogP contribution in [0, 0.1) is 20.2 Å². The Kier molecular flexibility index (Phi) is 4.40. The lowest BCUT2D eigenvalue weighted by Crippen LogP contribution is -2.13. The molecular formula is C12H9N5O6. The lowest BCUT2D eigenvalue weighted by atomic mass is 10.1. The van der Waals surface area contributed by atoms with E-state index in [9.17, 15) is 25.0 Å². The van der Waals surface area contributed by atoms with Gasteiger partial charge in [-0.15, -0.1) is 0 Å². The van der Waals surface area contributed by atoms with Crippen molar-refractivity contribution in [3.8, 4) is 6.01 Å². The van der Waals surface area contributed by atoms with Crippen LogP contribution in [0.25, 0.3) is 0 Å². The third-order valence-electron chi connectivity index (χ3n) is 2.65. The Balaban J connectivity index is 2.30. The molecule has 0 saturated carbocycles. The molecule has 2 aromatic rings. The van der Waals surface area contributed by atoms with Crippen molar-refractivity contribution in [1.82, 2.24) is 9.97 Å². The molecule has 118 valence electrons. The number of rotatable bonds is 5. The van der Waals surface area contributed by atoms with Gasteiger partial charge in [-0.2, -0.15) is 0 Å². The van der Waals surface area contributed by atoms with E-state index in [0.29, 0.717) is 0 Å². The van der Waals surface area contributed by atoms with Gasteiger partial charge in [0.05, 0.1) is 46.7 Å². The molecule has 23 heavy (non-hydrogen) atoms. The van der Waals surface area contributed by atoms with Crippen molar-refractivity contribution in [2.45, 2.75) is 0 Å². The van der Waals surface area contributed by atoms with Crippen LogP contribution >= 0.6 is 0 Å². The first kappa shape index (κ1) is 15.8. The summed E-state index contributed by atoms with van der Waals surface area (Å²) in [5.74, 6) is -0.773. The van der Waals surface area contributed by atoms with Gasteiger partial charge in [-0.05, 0) is 0 Å². The van der Waals surface area contributed by atoms with Crippen LogP contribution in [0.4, 0.5) is 17.1 Å². The Labute approximate surface area is 128 Å². The van der Waals surface area contributed by atoms with Gasteiger partial charge >= 0.3 is 6.01 Å². The molecule has 0 saturated heterocycles. The summed E-state index contributed by atoms with van der Waals surface area (Å²) in [6.07, 6.45) is 2.52. The van der Waals surface area contributed by atoms with Crippen LogP contribution in [0.2, 0.25) is 0 Å². The van der Waals surface area contributed by atoms with E-state index < -0.39 is 27.1 Å². The van der Waals surface area contributed by atoms with Crippen molar-refractivity contribution in [2.75, 3.05) is 12.4 Å². The number of non-ortho nitro benzene ring substituents is 2. The first-order valence-corrected chi connectivity index (χ1v) is 6.02. The van der Waals surface area contributed by atoms with Crippen molar-refractivity contribution in [3.63, 3.8) is 0 Å². The Morgan fingerprint density at radius 2 is 1.61 bits per heavy atom. The molecule has 0 fully saturated rings. The number of amides is 1. The summed E-state index contributed by atoms with van der Waals surface area (Å²) in [4.78, 5) is 39.6. The van der Waals surface area contributed by atoms with E-state index in [4.69, 9.17) is 4.74 Å². The third-order valence-corrected chi connectivity index (χ3v) is 2.65. The predicted octanol–water partition coefficient (Wildman–Crippen LogP) is 1.55. The summed E-state index contributed by atoms with van der Waals surface area (Å²) in [5, 5.41) is 24.0. The fourth-order valence-electron chi connectivity index (χ4n) is 1.63. The number of methoxy groups -OCH3 is 1. The summed E-state index contributed by atoms with van der Waals surface area (Å²) >= 11 is 0. The number of carbonyl (C=O) groups excluding carboxylic acids is 1. The highest BCUT2D eigenvalue weighted by Gasteiger charge is 2.20. The molecule has 11 heteroatoms. The minimum Gasteiger partial charge on any atom is -0.467 e. The van der Waals surface area contributed by atoms with Gasteiger partial charge in [-0.1, -0.05) is 0 Å². The first-order valence-electron chi connectivity index (χ1n) is 6.02. The lowest BCUT2D eigenvalue weighted by molar-refractivity contribution is -0.394. The topological polar surface area (TPSA) is 150 Å². The molecule has 0 radical (unpaired) electrons. The Morgan fingerprint density at radius 3 is 2.04 bits per heavy atom. The Morgan fingerprint density at radius 1 is 1.09 bits per heavy atom. The maximum absolute atomic E-state index is 12.1. The Bertz CT molecular complexity index is 744. The highest BCUT2D eigenvalue weighted by Crippen LogP contribution is 2.23. The van der Waals surface area contributed by atoms with Crippen LogP contribution < -0.4 is 10.1 Å². The predicted molar refractivity (Wildman–Crippen MR) is 76.3 cm³/mol. The second kappa shape index (κ2) is 6.43. The van der Waals surface area contributed by atoms with Gasteiger partial charge < -0.3 is 10.1 Å². The zero-order valence-corrected chi connectivity index (χ0v) is 11.6. The van der Waals surface area contributed by atoms with Crippen LogP contribution in [-0.2, 0) is 0 Å². The average Bonchev–Trinajstić information content (AvgIpc) is 2.55. The molecular weight excluding hydrogens is 310 g/mol. The van der Waals surface area contributed by atoms with E-state index in [1.54, 1.807) is 0 Å². The number of nitro benzene ring substituents is 2. The molecule has 0 unspecified atom stereocenters. The minimum atomic E-state index is -0.819. The SMILES string of the molecule is COc1ncc(NC(=O)c2cc([N+](=O)[O-])cc([N+](=O)[O-])c2)cn1. The second-order valence-electron chi connectivity index (χ2n) is 4.16. The average molecular weight is 319 g/mol. The van der Waals surface area contributed by atoms with Gasteiger partial charge in [0.15, 0.2) is 0 Å². The monoisotopic (exact) mass is 319 g/mol. The number of nitrogens with one attached hydrogen (secondary N) is 1. The van der Waals surface area contributed by atoms with E-state index in [0.717, 1.165) is 18.2 Å². The molecule has 0 aliphatic heterocycles. The number of nitrogens with zero attached hydrogens (tertiary/aromatic N) is 4. The molecule has 1 aromatic heterocycles. The number of hydrogen-bond acceptors (Lipinski definition) is 8. The molecule has 1 heterocycles. The summed E-state index contributed by atoms with van der Waals surface area (Å²) in [5.41, 5.74) is -1.16. The molecule has 1 amide bonds. The quantitative estimate of drug-likeness (QED) is 0.644. The highest BCUT2D eigenvalue weighted by molar-refractivity contribution is 6.05. The van der Waals surface area contributed by atoms with Gasteiger partial charge in [0.2, 0.25) is 0 Å². The maximum atomic E-state index is 12.1.